The second-order valence-corrected chi connectivity index (χ2v) is 9.94. The van der Waals surface area contributed by atoms with Crippen molar-refractivity contribution in [2.75, 3.05) is 39.8 Å². The van der Waals surface area contributed by atoms with Gasteiger partial charge in [0.05, 0.1) is 19.0 Å². The first kappa shape index (κ1) is 22.6. The first-order valence-corrected chi connectivity index (χ1v) is 11.5. The predicted molar refractivity (Wildman–Crippen MR) is 122 cm³/mol. The highest BCUT2D eigenvalue weighted by molar-refractivity contribution is 5.84. The molecule has 2 aliphatic rings. The van der Waals surface area contributed by atoms with Gasteiger partial charge < -0.3 is 14.4 Å². The third-order valence-electron chi connectivity index (χ3n) is 5.94. The van der Waals surface area contributed by atoms with Gasteiger partial charge in [-0.1, -0.05) is 0 Å². The maximum absolute atomic E-state index is 12.8. The summed E-state index contributed by atoms with van der Waals surface area (Å²) in [4.78, 5) is 29.5. The third kappa shape index (κ3) is 5.79. The van der Waals surface area contributed by atoms with E-state index in [0.29, 0.717) is 5.75 Å². The molecular formula is C24H34N4O4. The van der Waals surface area contributed by atoms with Gasteiger partial charge in [0.2, 0.25) is 5.91 Å². The van der Waals surface area contributed by atoms with E-state index in [1.54, 1.807) is 11.8 Å². The molecule has 1 amide bonds. The normalized spacial score (nSPS) is 17.6. The number of rotatable bonds is 7. The first-order chi connectivity index (χ1) is 15.2. The van der Waals surface area contributed by atoms with Gasteiger partial charge in [-0.2, -0.15) is 5.10 Å². The Morgan fingerprint density at radius 1 is 1.12 bits per heavy atom. The number of hydrogen-bond donors (Lipinski definition) is 0. The van der Waals surface area contributed by atoms with E-state index in [-0.39, 0.29) is 24.8 Å². The lowest BCUT2D eigenvalue weighted by atomic mass is 10.1. The number of hydrogen-bond acceptors (Lipinski definition) is 6. The zero-order chi connectivity index (χ0) is 22.9. The average molecular weight is 443 g/mol. The Balaban J connectivity index is 1.40. The van der Waals surface area contributed by atoms with Crippen LogP contribution in [0.1, 0.15) is 39.2 Å². The molecule has 174 valence electrons. The number of amides is 1. The van der Waals surface area contributed by atoms with Crippen LogP contribution in [0.25, 0.3) is 10.9 Å². The summed E-state index contributed by atoms with van der Waals surface area (Å²) in [5, 5.41) is 5.43. The highest BCUT2D eigenvalue weighted by Crippen LogP contribution is 2.30. The lowest BCUT2D eigenvalue weighted by molar-refractivity contribution is -0.154. The van der Waals surface area contributed by atoms with Crippen molar-refractivity contribution in [3.63, 3.8) is 0 Å². The van der Waals surface area contributed by atoms with Crippen LogP contribution < -0.4 is 4.74 Å². The maximum atomic E-state index is 12.8. The van der Waals surface area contributed by atoms with Crippen LogP contribution in [0.5, 0.6) is 5.75 Å². The molecule has 0 radical (unpaired) electrons. The lowest BCUT2D eigenvalue weighted by Crippen LogP contribution is -2.49. The van der Waals surface area contributed by atoms with E-state index in [2.05, 4.69) is 10.00 Å². The van der Waals surface area contributed by atoms with Crippen LogP contribution in [-0.2, 0) is 27.3 Å². The van der Waals surface area contributed by atoms with E-state index in [0.717, 1.165) is 48.6 Å². The van der Waals surface area contributed by atoms with Crippen molar-refractivity contribution >= 4 is 22.8 Å². The minimum Gasteiger partial charge on any atom is -0.496 e. The van der Waals surface area contributed by atoms with Gasteiger partial charge in [-0.05, 0) is 45.6 Å². The Kier molecular flexibility index (Phi) is 6.42. The van der Waals surface area contributed by atoms with Gasteiger partial charge in [0, 0.05) is 55.9 Å². The largest absolute Gasteiger partial charge is 0.496 e. The van der Waals surface area contributed by atoms with Gasteiger partial charge >= 0.3 is 5.97 Å². The molecule has 0 N–H and O–H groups in total. The van der Waals surface area contributed by atoms with Gasteiger partial charge in [0.15, 0.2) is 0 Å². The number of fused-ring (bicyclic) bond motifs is 1. The van der Waals surface area contributed by atoms with Crippen LogP contribution in [0.2, 0.25) is 0 Å². The van der Waals surface area contributed by atoms with Crippen molar-refractivity contribution in [2.24, 2.45) is 5.92 Å². The van der Waals surface area contributed by atoms with Crippen LogP contribution in [0, 0.1) is 5.92 Å². The van der Waals surface area contributed by atoms with Gasteiger partial charge in [-0.15, -0.1) is 0 Å². The number of methoxy groups -OCH3 is 1. The summed E-state index contributed by atoms with van der Waals surface area (Å²) >= 11 is 0. The molecule has 1 aliphatic carbocycles. The fourth-order valence-electron chi connectivity index (χ4n) is 4.18. The zero-order valence-electron chi connectivity index (χ0n) is 19.6. The molecule has 32 heavy (non-hydrogen) atoms. The first-order valence-electron chi connectivity index (χ1n) is 11.5. The molecule has 0 bridgehead atoms. The monoisotopic (exact) mass is 442 g/mol. The number of carbonyl (C=O) groups excluding carboxylic acids is 2. The van der Waals surface area contributed by atoms with Crippen molar-refractivity contribution in [1.82, 2.24) is 19.6 Å². The second-order valence-electron chi connectivity index (χ2n) is 9.94. The molecule has 0 unspecified atom stereocenters. The molecule has 1 saturated carbocycles. The molecule has 4 rings (SSSR count). The number of piperazine rings is 1. The summed E-state index contributed by atoms with van der Waals surface area (Å²) in [6.07, 6.45) is 4.69. The molecule has 0 spiro atoms. The fraction of sp³-hybridized carbons (Fsp3) is 0.625. The fourth-order valence-corrected chi connectivity index (χ4v) is 4.18. The molecular weight excluding hydrogens is 408 g/mol. The smallest absolute Gasteiger partial charge is 0.310 e. The van der Waals surface area contributed by atoms with E-state index in [1.165, 1.54) is 19.4 Å². The quantitative estimate of drug-likeness (QED) is 0.613. The number of aromatic nitrogens is 2. The van der Waals surface area contributed by atoms with Crippen molar-refractivity contribution < 1.29 is 19.1 Å². The van der Waals surface area contributed by atoms with E-state index >= 15 is 0 Å². The maximum Gasteiger partial charge on any atom is 0.310 e. The number of ether oxygens (including phenoxy) is 2. The Morgan fingerprint density at radius 2 is 1.84 bits per heavy atom. The summed E-state index contributed by atoms with van der Waals surface area (Å²) < 4.78 is 12.6. The Morgan fingerprint density at radius 3 is 2.47 bits per heavy atom. The third-order valence-corrected chi connectivity index (χ3v) is 5.94. The number of esters is 1. The predicted octanol–water partition coefficient (Wildman–Crippen LogP) is 2.48. The molecule has 2 aromatic rings. The highest BCUT2D eigenvalue weighted by Gasteiger charge is 2.28. The Bertz CT molecular complexity index is 982. The van der Waals surface area contributed by atoms with Crippen LogP contribution in [-0.4, -0.2) is 76.9 Å². The van der Waals surface area contributed by atoms with Gasteiger partial charge in [-0.25, -0.2) is 0 Å². The standard InChI is InChI=1S/C24H34N4O4/c1-24(2,3)32-23(30)12-18-11-19-15-28(25-20(19)13-21(18)31-4)16-22(29)27-9-7-26(8-10-27)14-17-5-6-17/h11,13,15,17H,5-10,12,14,16H2,1-4H3. The topological polar surface area (TPSA) is 76.9 Å². The van der Waals surface area contributed by atoms with Crippen molar-refractivity contribution in [3.05, 3.63) is 23.9 Å². The molecule has 2 fully saturated rings. The number of nitrogens with zero attached hydrogens (tertiary/aromatic N) is 4. The van der Waals surface area contributed by atoms with E-state index in [1.807, 2.05) is 44.0 Å². The molecule has 2 heterocycles. The number of benzene rings is 1. The minimum absolute atomic E-state index is 0.0878. The SMILES string of the molecule is COc1cc2nn(CC(=O)N3CCN(CC4CC4)CC3)cc2cc1CC(=O)OC(C)(C)C. The van der Waals surface area contributed by atoms with E-state index < -0.39 is 5.60 Å². The molecule has 0 atom stereocenters. The highest BCUT2D eigenvalue weighted by atomic mass is 16.6. The number of carbonyl (C=O) groups is 2. The summed E-state index contributed by atoms with van der Waals surface area (Å²) in [7, 11) is 1.57. The van der Waals surface area contributed by atoms with Crippen LogP contribution in [0.15, 0.2) is 18.3 Å². The van der Waals surface area contributed by atoms with Gasteiger partial charge in [0.25, 0.3) is 0 Å². The molecule has 1 saturated heterocycles. The molecule has 1 aromatic heterocycles. The molecule has 8 heteroatoms. The summed E-state index contributed by atoms with van der Waals surface area (Å²) in [6, 6.07) is 3.70. The van der Waals surface area contributed by atoms with E-state index in [9.17, 15) is 9.59 Å². The van der Waals surface area contributed by atoms with Crippen LogP contribution in [0.4, 0.5) is 0 Å². The van der Waals surface area contributed by atoms with Gasteiger partial charge in [-0.3, -0.25) is 19.2 Å². The summed E-state index contributed by atoms with van der Waals surface area (Å²) in [5.41, 5.74) is 0.937. The molecule has 8 nitrogen and oxygen atoms in total. The minimum atomic E-state index is -0.539. The molecule has 1 aromatic carbocycles. The summed E-state index contributed by atoms with van der Waals surface area (Å²) in [6.45, 7) is 10.4. The lowest BCUT2D eigenvalue weighted by Gasteiger charge is -2.34. The summed E-state index contributed by atoms with van der Waals surface area (Å²) in [5.74, 6) is 1.25. The Hall–Kier alpha value is -2.61. The van der Waals surface area contributed by atoms with Crippen LogP contribution in [0.3, 0.4) is 0 Å². The average Bonchev–Trinajstić information content (AvgIpc) is 3.44. The zero-order valence-corrected chi connectivity index (χ0v) is 19.6. The van der Waals surface area contributed by atoms with Gasteiger partial charge in [0.1, 0.15) is 17.9 Å². The second kappa shape index (κ2) is 9.10. The molecule has 1 aliphatic heterocycles. The van der Waals surface area contributed by atoms with E-state index in [4.69, 9.17) is 9.47 Å². The van der Waals surface area contributed by atoms with Crippen molar-refractivity contribution in [2.45, 2.75) is 52.2 Å². The van der Waals surface area contributed by atoms with Crippen LogP contribution >= 0.6 is 0 Å². The van der Waals surface area contributed by atoms with Crippen molar-refractivity contribution in [3.8, 4) is 5.75 Å². The van der Waals surface area contributed by atoms with Crippen molar-refractivity contribution in [1.29, 1.82) is 0 Å². The Labute approximate surface area is 189 Å².